The molecule has 6 nitrogen and oxygen atoms in total. The Hall–Kier alpha value is -2.50. The Kier molecular flexibility index (Phi) is 3.18. The Morgan fingerprint density at radius 1 is 1.50 bits per heavy atom. The number of aromatic carboxylic acids is 1. The number of aromatic nitrogens is 2. The van der Waals surface area contributed by atoms with Crippen molar-refractivity contribution in [1.29, 1.82) is 0 Å². The lowest BCUT2D eigenvalue weighted by atomic mass is 10.1. The lowest BCUT2D eigenvalue weighted by Gasteiger charge is -2.08. The van der Waals surface area contributed by atoms with E-state index in [1.807, 2.05) is 13.1 Å². The minimum atomic E-state index is -1.03. The molecule has 0 radical (unpaired) electrons. The normalized spacial score (nSPS) is 10.3. The van der Waals surface area contributed by atoms with E-state index < -0.39 is 5.97 Å². The van der Waals surface area contributed by atoms with Gasteiger partial charge in [0, 0.05) is 24.6 Å². The first-order chi connectivity index (χ1) is 8.58. The Balaban J connectivity index is 2.13. The summed E-state index contributed by atoms with van der Waals surface area (Å²) in [4.78, 5) is 10.9. The number of carboxylic acid groups (broad SMARTS) is 1. The molecule has 1 heterocycles. The van der Waals surface area contributed by atoms with E-state index in [2.05, 4.69) is 10.4 Å². The van der Waals surface area contributed by atoms with Crippen molar-refractivity contribution in [2.24, 2.45) is 7.05 Å². The van der Waals surface area contributed by atoms with Crippen LogP contribution >= 0.6 is 0 Å². The molecule has 0 saturated carbocycles. The first-order valence-corrected chi connectivity index (χ1v) is 5.41. The van der Waals surface area contributed by atoms with Gasteiger partial charge in [-0.15, -0.1) is 0 Å². The molecule has 0 aliphatic carbocycles. The first-order valence-electron chi connectivity index (χ1n) is 5.41. The third-order valence-electron chi connectivity index (χ3n) is 2.68. The number of carbonyl (C=O) groups is 1. The lowest BCUT2D eigenvalue weighted by Crippen LogP contribution is -2.07. The van der Waals surface area contributed by atoms with Crippen molar-refractivity contribution in [1.82, 2.24) is 9.78 Å². The van der Waals surface area contributed by atoms with Crippen molar-refractivity contribution < 1.29 is 9.90 Å². The Labute approximate surface area is 104 Å². The summed E-state index contributed by atoms with van der Waals surface area (Å²) < 4.78 is 1.75. The predicted octanol–water partition coefficient (Wildman–Crippen LogP) is 1.31. The van der Waals surface area contributed by atoms with E-state index in [9.17, 15) is 4.79 Å². The van der Waals surface area contributed by atoms with Crippen molar-refractivity contribution in [3.8, 4) is 0 Å². The summed E-state index contributed by atoms with van der Waals surface area (Å²) in [5.74, 6) is -1.03. The van der Waals surface area contributed by atoms with E-state index >= 15 is 0 Å². The molecule has 0 aliphatic rings. The largest absolute Gasteiger partial charge is 0.478 e. The molecule has 2 aromatic rings. The van der Waals surface area contributed by atoms with Crippen LogP contribution in [0.15, 0.2) is 30.5 Å². The molecule has 0 bridgehead atoms. The van der Waals surface area contributed by atoms with Crippen molar-refractivity contribution in [2.75, 3.05) is 11.1 Å². The summed E-state index contributed by atoms with van der Waals surface area (Å²) in [5.41, 5.74) is 7.66. The molecule has 4 N–H and O–H groups in total. The number of carboxylic acids is 1. The maximum atomic E-state index is 10.9. The second-order valence-electron chi connectivity index (χ2n) is 3.91. The minimum absolute atomic E-state index is 0.102. The molecule has 6 heteroatoms. The van der Waals surface area contributed by atoms with Gasteiger partial charge in [-0.05, 0) is 24.3 Å². The zero-order chi connectivity index (χ0) is 13.1. The molecule has 1 aromatic heterocycles. The fourth-order valence-electron chi connectivity index (χ4n) is 1.62. The second-order valence-corrected chi connectivity index (χ2v) is 3.91. The van der Waals surface area contributed by atoms with Gasteiger partial charge in [-0.25, -0.2) is 4.79 Å². The number of benzene rings is 1. The number of nitrogens with zero attached hydrogens (tertiary/aromatic N) is 2. The zero-order valence-electron chi connectivity index (χ0n) is 9.92. The molecule has 0 saturated heterocycles. The predicted molar refractivity (Wildman–Crippen MR) is 68.3 cm³/mol. The SMILES string of the molecule is Cn1nccc1CNc1ccc(N)c(C(=O)O)c1. The van der Waals surface area contributed by atoms with Crippen LogP contribution in [0.3, 0.4) is 0 Å². The van der Waals surface area contributed by atoms with Crippen molar-refractivity contribution in [3.63, 3.8) is 0 Å². The van der Waals surface area contributed by atoms with E-state index in [0.717, 1.165) is 5.69 Å². The quantitative estimate of drug-likeness (QED) is 0.707. The van der Waals surface area contributed by atoms with E-state index in [0.29, 0.717) is 12.2 Å². The summed E-state index contributed by atoms with van der Waals surface area (Å²) in [6.45, 7) is 0.569. The zero-order valence-corrected chi connectivity index (χ0v) is 9.92. The highest BCUT2D eigenvalue weighted by molar-refractivity contribution is 5.94. The van der Waals surface area contributed by atoms with Crippen LogP contribution in [0, 0.1) is 0 Å². The lowest BCUT2D eigenvalue weighted by molar-refractivity contribution is 0.0698. The van der Waals surface area contributed by atoms with Crippen LogP contribution in [-0.2, 0) is 13.6 Å². The van der Waals surface area contributed by atoms with E-state index in [1.54, 1.807) is 23.0 Å². The average molecular weight is 246 g/mol. The maximum Gasteiger partial charge on any atom is 0.337 e. The summed E-state index contributed by atoms with van der Waals surface area (Å²) in [7, 11) is 1.85. The molecule has 0 fully saturated rings. The standard InChI is InChI=1S/C12H14N4O2/c1-16-9(4-5-15-16)7-14-8-2-3-11(13)10(6-8)12(17)18/h2-6,14H,7,13H2,1H3,(H,17,18). The number of nitrogens with two attached hydrogens (primary N) is 1. The monoisotopic (exact) mass is 246 g/mol. The molecule has 0 atom stereocenters. The fourth-order valence-corrected chi connectivity index (χ4v) is 1.62. The van der Waals surface area contributed by atoms with Crippen LogP contribution in [0.1, 0.15) is 16.1 Å². The molecule has 0 spiro atoms. The Morgan fingerprint density at radius 3 is 2.89 bits per heavy atom. The van der Waals surface area contributed by atoms with Gasteiger partial charge in [-0.2, -0.15) is 5.10 Å². The number of anilines is 2. The number of nitrogen functional groups attached to an aromatic ring is 1. The van der Waals surface area contributed by atoms with Crippen molar-refractivity contribution in [3.05, 3.63) is 41.7 Å². The van der Waals surface area contributed by atoms with Crippen LogP contribution < -0.4 is 11.1 Å². The molecule has 0 aliphatic heterocycles. The first kappa shape index (κ1) is 12.0. The molecule has 18 heavy (non-hydrogen) atoms. The van der Waals surface area contributed by atoms with Gasteiger partial charge >= 0.3 is 5.97 Å². The van der Waals surface area contributed by atoms with Crippen LogP contribution in [0.25, 0.3) is 0 Å². The van der Waals surface area contributed by atoms with Crippen molar-refractivity contribution in [2.45, 2.75) is 6.54 Å². The third kappa shape index (κ3) is 2.42. The average Bonchev–Trinajstić information content (AvgIpc) is 2.73. The van der Waals surface area contributed by atoms with Gasteiger partial charge in [0.25, 0.3) is 0 Å². The van der Waals surface area contributed by atoms with Gasteiger partial charge in [-0.1, -0.05) is 0 Å². The van der Waals surface area contributed by atoms with Gasteiger partial charge < -0.3 is 16.2 Å². The molecule has 2 rings (SSSR count). The number of aryl methyl sites for hydroxylation is 1. The van der Waals surface area contributed by atoms with E-state index in [4.69, 9.17) is 10.8 Å². The van der Waals surface area contributed by atoms with Gasteiger partial charge in [0.15, 0.2) is 0 Å². The highest BCUT2D eigenvalue weighted by atomic mass is 16.4. The van der Waals surface area contributed by atoms with Gasteiger partial charge in [-0.3, -0.25) is 4.68 Å². The van der Waals surface area contributed by atoms with E-state index in [-0.39, 0.29) is 11.3 Å². The highest BCUT2D eigenvalue weighted by Crippen LogP contribution is 2.18. The van der Waals surface area contributed by atoms with Crippen LogP contribution in [0.4, 0.5) is 11.4 Å². The topological polar surface area (TPSA) is 93.2 Å². The van der Waals surface area contributed by atoms with Gasteiger partial charge in [0.2, 0.25) is 0 Å². The van der Waals surface area contributed by atoms with Crippen LogP contribution in [-0.4, -0.2) is 20.9 Å². The Morgan fingerprint density at radius 2 is 2.28 bits per heavy atom. The summed E-state index contributed by atoms with van der Waals surface area (Å²) in [6, 6.07) is 6.74. The van der Waals surface area contributed by atoms with Gasteiger partial charge in [0.05, 0.1) is 17.8 Å². The summed E-state index contributed by atoms with van der Waals surface area (Å²) in [6.07, 6.45) is 1.71. The number of hydrogen-bond donors (Lipinski definition) is 3. The third-order valence-corrected chi connectivity index (χ3v) is 2.68. The molecular weight excluding hydrogens is 232 g/mol. The van der Waals surface area contributed by atoms with Crippen LogP contribution in [0.2, 0.25) is 0 Å². The number of hydrogen-bond acceptors (Lipinski definition) is 4. The minimum Gasteiger partial charge on any atom is -0.478 e. The highest BCUT2D eigenvalue weighted by Gasteiger charge is 2.08. The van der Waals surface area contributed by atoms with Crippen LogP contribution in [0.5, 0.6) is 0 Å². The maximum absolute atomic E-state index is 10.9. The van der Waals surface area contributed by atoms with Gasteiger partial charge in [0.1, 0.15) is 0 Å². The molecule has 0 unspecified atom stereocenters. The number of nitrogens with one attached hydrogen (secondary N) is 1. The molecule has 94 valence electrons. The fraction of sp³-hybridized carbons (Fsp3) is 0.167. The second kappa shape index (κ2) is 4.79. The smallest absolute Gasteiger partial charge is 0.337 e. The number of rotatable bonds is 4. The molecule has 1 aromatic carbocycles. The van der Waals surface area contributed by atoms with Crippen molar-refractivity contribution >= 4 is 17.3 Å². The molecular formula is C12H14N4O2. The van der Waals surface area contributed by atoms with E-state index in [1.165, 1.54) is 6.07 Å². The summed E-state index contributed by atoms with van der Waals surface area (Å²) >= 11 is 0. The summed E-state index contributed by atoms with van der Waals surface area (Å²) in [5, 5.41) is 16.1. The Bertz CT molecular complexity index is 577. The molecule has 0 amide bonds.